The Labute approximate surface area is 165 Å². The van der Waals surface area contributed by atoms with E-state index in [9.17, 15) is 14.9 Å². The van der Waals surface area contributed by atoms with Gasteiger partial charge in [0.05, 0.1) is 16.9 Å². The van der Waals surface area contributed by atoms with Crippen molar-refractivity contribution >= 4 is 11.6 Å². The van der Waals surface area contributed by atoms with Gasteiger partial charge in [-0.2, -0.15) is 0 Å². The Morgan fingerprint density at radius 2 is 1.55 bits per heavy atom. The Morgan fingerprint density at radius 3 is 2.14 bits per heavy atom. The second-order valence-electron chi connectivity index (χ2n) is 6.35. The Morgan fingerprint density at radius 1 is 0.897 bits per heavy atom. The number of benzene rings is 2. The number of carbonyl (C=O) groups excluding carboxylic acids is 1. The van der Waals surface area contributed by atoms with Crippen molar-refractivity contribution in [2.75, 3.05) is 0 Å². The van der Waals surface area contributed by atoms with Crippen LogP contribution in [0.5, 0.6) is 0 Å². The van der Waals surface area contributed by atoms with Crippen LogP contribution in [0.4, 0.5) is 5.69 Å². The van der Waals surface area contributed by atoms with Crippen molar-refractivity contribution in [2.24, 2.45) is 5.73 Å². The molecular weight excluding hydrogens is 370 g/mol. The highest BCUT2D eigenvalue weighted by atomic mass is 16.6. The minimum absolute atomic E-state index is 0.0244. The summed E-state index contributed by atoms with van der Waals surface area (Å²) in [6.07, 6.45) is 1.57. The van der Waals surface area contributed by atoms with Crippen LogP contribution in [-0.4, -0.2) is 15.8 Å². The maximum absolute atomic E-state index is 11.3. The Kier molecular flexibility index (Phi) is 4.62. The summed E-state index contributed by atoms with van der Waals surface area (Å²) in [6.45, 7) is 0. The van der Waals surface area contributed by atoms with Crippen molar-refractivity contribution in [3.8, 4) is 33.8 Å². The van der Waals surface area contributed by atoms with Gasteiger partial charge in [-0.05, 0) is 59.7 Å². The fourth-order valence-electron chi connectivity index (χ4n) is 2.98. The molecule has 0 atom stereocenters. The number of nitrogens with zero attached hydrogens (tertiary/aromatic N) is 2. The molecule has 1 amide bonds. The van der Waals surface area contributed by atoms with Crippen molar-refractivity contribution in [3.05, 3.63) is 94.7 Å². The molecule has 0 radical (unpaired) electrons. The quantitative estimate of drug-likeness (QED) is 0.396. The lowest BCUT2D eigenvalue weighted by molar-refractivity contribution is -0.384. The van der Waals surface area contributed by atoms with Gasteiger partial charge in [-0.1, -0.05) is 12.1 Å². The number of non-ortho nitro benzene ring substituents is 1. The maximum atomic E-state index is 11.3. The summed E-state index contributed by atoms with van der Waals surface area (Å²) in [5.74, 6) is 0.101. The first-order valence-corrected chi connectivity index (χ1v) is 8.72. The number of aromatic nitrogens is 1. The summed E-state index contributed by atoms with van der Waals surface area (Å²) in [5.41, 5.74) is 9.47. The van der Waals surface area contributed by atoms with Crippen LogP contribution in [0.1, 0.15) is 10.4 Å². The van der Waals surface area contributed by atoms with Gasteiger partial charge >= 0.3 is 0 Å². The van der Waals surface area contributed by atoms with Crippen LogP contribution in [0.2, 0.25) is 0 Å². The van der Waals surface area contributed by atoms with Gasteiger partial charge in [-0.15, -0.1) is 0 Å². The third-order valence-electron chi connectivity index (χ3n) is 4.48. The molecule has 2 aromatic heterocycles. The number of hydrogen-bond donors (Lipinski definition) is 1. The van der Waals surface area contributed by atoms with E-state index >= 15 is 0 Å². The van der Waals surface area contributed by atoms with Gasteiger partial charge in [0.15, 0.2) is 5.76 Å². The number of nitrogens with two attached hydrogens (primary N) is 1. The fraction of sp³-hybridized carbons (Fsp3) is 0. The molecule has 0 aliphatic heterocycles. The standard InChI is InChI=1S/C22H15N3O4/c23-22(26)16-5-3-15(4-6-16)19-12-17(13-20(24-19)21-2-1-11-29-21)14-7-9-18(10-8-14)25(27)28/h1-13H,(H2,23,26). The van der Waals surface area contributed by atoms with Crippen molar-refractivity contribution in [2.45, 2.75) is 0 Å². The van der Waals surface area contributed by atoms with Gasteiger partial charge in [0.25, 0.3) is 5.69 Å². The minimum Gasteiger partial charge on any atom is -0.463 e. The van der Waals surface area contributed by atoms with Crippen molar-refractivity contribution in [1.82, 2.24) is 4.98 Å². The largest absolute Gasteiger partial charge is 0.463 e. The molecule has 2 N–H and O–H groups in total. The number of hydrogen-bond acceptors (Lipinski definition) is 5. The molecule has 4 rings (SSSR count). The van der Waals surface area contributed by atoms with E-state index in [1.54, 1.807) is 48.7 Å². The van der Waals surface area contributed by atoms with E-state index in [1.807, 2.05) is 18.2 Å². The topological polar surface area (TPSA) is 112 Å². The first-order valence-electron chi connectivity index (χ1n) is 8.72. The molecule has 2 aromatic carbocycles. The molecule has 7 nitrogen and oxygen atoms in total. The average molecular weight is 385 g/mol. The molecule has 0 aliphatic carbocycles. The molecule has 4 aromatic rings. The fourth-order valence-corrected chi connectivity index (χ4v) is 2.98. The molecule has 0 fully saturated rings. The van der Waals surface area contributed by atoms with Gasteiger partial charge < -0.3 is 10.2 Å². The van der Waals surface area contributed by atoms with Crippen LogP contribution in [0.15, 0.2) is 83.5 Å². The van der Waals surface area contributed by atoms with E-state index < -0.39 is 10.8 Å². The monoisotopic (exact) mass is 385 g/mol. The zero-order chi connectivity index (χ0) is 20.4. The molecule has 142 valence electrons. The predicted molar refractivity (Wildman–Crippen MR) is 108 cm³/mol. The molecule has 0 spiro atoms. The van der Waals surface area contributed by atoms with E-state index in [-0.39, 0.29) is 5.69 Å². The first-order chi connectivity index (χ1) is 14.0. The van der Waals surface area contributed by atoms with Crippen molar-refractivity contribution < 1.29 is 14.1 Å². The molecule has 0 bridgehead atoms. The normalized spacial score (nSPS) is 10.6. The van der Waals surface area contributed by atoms with Crippen molar-refractivity contribution in [3.63, 3.8) is 0 Å². The van der Waals surface area contributed by atoms with Crippen LogP contribution in [0, 0.1) is 10.1 Å². The van der Waals surface area contributed by atoms with Crippen LogP contribution in [0.25, 0.3) is 33.8 Å². The van der Waals surface area contributed by atoms with E-state index in [2.05, 4.69) is 4.98 Å². The zero-order valence-corrected chi connectivity index (χ0v) is 15.1. The molecule has 0 saturated carbocycles. The maximum Gasteiger partial charge on any atom is 0.269 e. The van der Waals surface area contributed by atoms with Gasteiger partial charge in [0.2, 0.25) is 5.91 Å². The highest BCUT2D eigenvalue weighted by Crippen LogP contribution is 2.31. The highest BCUT2D eigenvalue weighted by Gasteiger charge is 2.12. The molecular formula is C22H15N3O4. The number of amides is 1. The number of nitro groups is 1. The molecule has 0 unspecified atom stereocenters. The zero-order valence-electron chi connectivity index (χ0n) is 15.1. The highest BCUT2D eigenvalue weighted by molar-refractivity contribution is 5.93. The van der Waals surface area contributed by atoms with Gasteiger partial charge in [-0.3, -0.25) is 14.9 Å². The van der Waals surface area contributed by atoms with Gasteiger partial charge in [0, 0.05) is 23.3 Å². The number of rotatable bonds is 5. The predicted octanol–water partition coefficient (Wildman–Crippen LogP) is 4.68. The van der Waals surface area contributed by atoms with Crippen LogP contribution < -0.4 is 5.73 Å². The summed E-state index contributed by atoms with van der Waals surface area (Å²) in [4.78, 5) is 26.5. The van der Waals surface area contributed by atoms with Gasteiger partial charge in [0.1, 0.15) is 5.69 Å². The SMILES string of the molecule is NC(=O)c1ccc(-c2cc(-c3ccc([N+](=O)[O-])cc3)cc(-c3ccco3)n2)cc1. The molecule has 29 heavy (non-hydrogen) atoms. The molecule has 2 heterocycles. The average Bonchev–Trinajstić information content (AvgIpc) is 3.28. The molecule has 0 aliphatic rings. The number of carbonyl (C=O) groups is 1. The Balaban J connectivity index is 1.83. The van der Waals surface area contributed by atoms with E-state index in [0.717, 1.165) is 16.7 Å². The van der Waals surface area contributed by atoms with E-state index in [4.69, 9.17) is 10.2 Å². The lowest BCUT2D eigenvalue weighted by Crippen LogP contribution is -2.10. The summed E-state index contributed by atoms with van der Waals surface area (Å²) < 4.78 is 5.49. The second kappa shape index (κ2) is 7.40. The van der Waals surface area contributed by atoms with Crippen LogP contribution in [0.3, 0.4) is 0 Å². The van der Waals surface area contributed by atoms with E-state index in [1.165, 1.54) is 12.1 Å². The smallest absolute Gasteiger partial charge is 0.269 e. The van der Waals surface area contributed by atoms with Crippen molar-refractivity contribution in [1.29, 1.82) is 0 Å². The minimum atomic E-state index is -0.500. The molecule has 7 heteroatoms. The number of nitro benzene ring substituents is 1. The summed E-state index contributed by atoms with van der Waals surface area (Å²) in [7, 11) is 0. The number of furan rings is 1. The van der Waals surface area contributed by atoms with Crippen LogP contribution in [-0.2, 0) is 0 Å². The summed E-state index contributed by atoms with van der Waals surface area (Å²) in [5, 5.41) is 10.9. The Bertz CT molecular complexity index is 1110. The third-order valence-corrected chi connectivity index (χ3v) is 4.48. The van der Waals surface area contributed by atoms with Crippen LogP contribution >= 0.6 is 0 Å². The lowest BCUT2D eigenvalue weighted by atomic mass is 10.0. The van der Waals surface area contributed by atoms with E-state index in [0.29, 0.717) is 22.7 Å². The Hall–Kier alpha value is -4.26. The summed E-state index contributed by atoms with van der Waals surface area (Å²) >= 11 is 0. The lowest BCUT2D eigenvalue weighted by Gasteiger charge is -2.09. The second-order valence-corrected chi connectivity index (χ2v) is 6.35. The van der Waals surface area contributed by atoms with Gasteiger partial charge in [-0.25, -0.2) is 4.98 Å². The first kappa shape index (κ1) is 18.1. The molecule has 0 saturated heterocycles. The number of pyridine rings is 1. The number of primary amides is 1. The summed E-state index contributed by atoms with van der Waals surface area (Å²) in [6, 6.07) is 20.5. The third kappa shape index (κ3) is 3.74.